The summed E-state index contributed by atoms with van der Waals surface area (Å²) in [4.78, 5) is 42.4. The maximum absolute atomic E-state index is 14.2. The van der Waals surface area contributed by atoms with Crippen LogP contribution in [0.25, 0.3) is 0 Å². The van der Waals surface area contributed by atoms with Gasteiger partial charge in [-0.15, -0.1) is 0 Å². The van der Waals surface area contributed by atoms with Gasteiger partial charge in [0, 0.05) is 23.1 Å². The molecule has 0 unspecified atom stereocenters. The van der Waals surface area contributed by atoms with E-state index in [0.717, 1.165) is 19.2 Å². The van der Waals surface area contributed by atoms with Crippen molar-refractivity contribution in [1.82, 2.24) is 4.90 Å². The van der Waals surface area contributed by atoms with Crippen LogP contribution in [0.3, 0.4) is 0 Å². The van der Waals surface area contributed by atoms with Gasteiger partial charge in [0.15, 0.2) is 5.78 Å². The second-order valence-corrected chi connectivity index (χ2v) is 12.0. The molecule has 2 aromatic rings. The number of hydrogen-bond donors (Lipinski definition) is 6. The first-order chi connectivity index (χ1) is 19.6. The monoisotopic (exact) mass is 585 g/mol. The summed E-state index contributed by atoms with van der Waals surface area (Å²) in [5.41, 5.74) is -5.43. The summed E-state index contributed by atoms with van der Waals surface area (Å²) >= 11 is 0. The first kappa shape index (κ1) is 28.5. The van der Waals surface area contributed by atoms with Crippen molar-refractivity contribution in [2.24, 2.45) is 0 Å². The fourth-order valence-electron chi connectivity index (χ4n) is 7.07. The SMILES string of the molecule is COC(=O)[C@H]1c2cc3c(c(O)c2[C@@H](O)C[C@]1(C)O)C(=O)c1c(O)cc2c(c1C3=O)O[C@H]1O[C@@]2(C)[C@@H](O)[C@@H](N(C)C)[C@H]1O. The molecule has 2 aliphatic carbocycles. The first-order valence-corrected chi connectivity index (χ1v) is 13.3. The number of aromatic hydroxyl groups is 2. The van der Waals surface area contributed by atoms with Gasteiger partial charge in [-0.05, 0) is 45.6 Å². The normalized spacial score (nSPS) is 34.6. The number of carbonyl (C=O) groups excluding carboxylic acids is 3. The van der Waals surface area contributed by atoms with E-state index in [-0.39, 0.29) is 40.0 Å². The molecule has 1 saturated heterocycles. The lowest BCUT2D eigenvalue weighted by Gasteiger charge is -2.53. The number of methoxy groups -OCH3 is 1. The zero-order chi connectivity index (χ0) is 30.8. The Balaban J connectivity index is 1.60. The summed E-state index contributed by atoms with van der Waals surface area (Å²) in [6.45, 7) is 2.81. The predicted molar refractivity (Wildman–Crippen MR) is 140 cm³/mol. The lowest BCUT2D eigenvalue weighted by Crippen LogP contribution is -2.68. The third kappa shape index (κ3) is 3.49. The van der Waals surface area contributed by atoms with Gasteiger partial charge in [-0.25, -0.2) is 0 Å². The van der Waals surface area contributed by atoms with Gasteiger partial charge in [0.05, 0.1) is 41.5 Å². The van der Waals surface area contributed by atoms with Crippen molar-refractivity contribution in [3.8, 4) is 17.2 Å². The Bertz CT molecular complexity index is 1580. The number of benzene rings is 2. The molecule has 2 aromatic carbocycles. The average Bonchev–Trinajstić information content (AvgIpc) is 2.89. The molecule has 0 radical (unpaired) electrons. The largest absolute Gasteiger partial charge is 0.507 e. The van der Waals surface area contributed by atoms with Gasteiger partial charge in [0.1, 0.15) is 41.0 Å². The molecule has 6 N–H and O–H groups in total. The van der Waals surface area contributed by atoms with Gasteiger partial charge in [0.25, 0.3) is 0 Å². The van der Waals surface area contributed by atoms with Gasteiger partial charge >= 0.3 is 5.97 Å². The fourth-order valence-corrected chi connectivity index (χ4v) is 7.07. The Kier molecular flexibility index (Phi) is 6.08. The van der Waals surface area contributed by atoms with E-state index in [2.05, 4.69) is 0 Å². The highest BCUT2D eigenvalue weighted by Crippen LogP contribution is 2.55. The van der Waals surface area contributed by atoms with Crippen LogP contribution in [0.5, 0.6) is 17.2 Å². The van der Waals surface area contributed by atoms with Crippen molar-refractivity contribution in [3.63, 3.8) is 0 Å². The molecule has 4 aliphatic rings. The molecular formula is C29H31NO12. The molecule has 2 bridgehead atoms. The Morgan fingerprint density at radius 3 is 2.33 bits per heavy atom. The molecular weight excluding hydrogens is 554 g/mol. The number of ketones is 2. The maximum Gasteiger partial charge on any atom is 0.316 e. The van der Waals surface area contributed by atoms with Crippen LogP contribution in [0.4, 0.5) is 0 Å². The van der Waals surface area contributed by atoms with Gasteiger partial charge in [-0.1, -0.05) is 0 Å². The Labute approximate surface area is 239 Å². The van der Waals surface area contributed by atoms with Crippen molar-refractivity contribution < 1.29 is 59.2 Å². The van der Waals surface area contributed by atoms with E-state index >= 15 is 0 Å². The summed E-state index contributed by atoms with van der Waals surface area (Å²) in [6.07, 6.45) is -5.98. The molecule has 2 aliphatic heterocycles. The van der Waals surface area contributed by atoms with Crippen LogP contribution in [0.2, 0.25) is 0 Å². The molecule has 2 heterocycles. The Morgan fingerprint density at radius 2 is 1.71 bits per heavy atom. The highest BCUT2D eigenvalue weighted by Gasteiger charge is 2.59. The molecule has 0 amide bonds. The van der Waals surface area contributed by atoms with Crippen LogP contribution in [0.1, 0.15) is 80.8 Å². The van der Waals surface area contributed by atoms with Crippen molar-refractivity contribution in [2.75, 3.05) is 21.2 Å². The van der Waals surface area contributed by atoms with E-state index in [1.165, 1.54) is 13.8 Å². The minimum atomic E-state index is -1.83. The van der Waals surface area contributed by atoms with E-state index < -0.39 is 87.9 Å². The molecule has 13 nitrogen and oxygen atoms in total. The van der Waals surface area contributed by atoms with Crippen LogP contribution in [-0.2, 0) is 19.9 Å². The molecule has 1 fully saturated rings. The number of fused-ring (bicyclic) bond motifs is 8. The summed E-state index contributed by atoms with van der Waals surface area (Å²) < 4.78 is 16.7. The number of hydrogen-bond acceptors (Lipinski definition) is 13. The standard InChI is InChI=1S/C29H31NO12/c1-28(39)8-13(32)14-9(18(28)26(38)40-5)6-10-15(21(14)34)22(35)16-12(31)7-11-24(17(16)20(10)33)41-27-23(36)19(30(3)4)25(37)29(11,2)42-27/h6-7,13,18-19,23,25,27,31-32,34,36-37,39H,8H2,1-5H3/t13-,18+,19-,23+,25-,27-,28-,29+/m0/s1. The zero-order valence-corrected chi connectivity index (χ0v) is 23.4. The number of esters is 1. The first-order valence-electron chi connectivity index (χ1n) is 13.3. The van der Waals surface area contributed by atoms with Crippen LogP contribution in [0, 0.1) is 0 Å². The molecule has 13 heteroatoms. The predicted octanol–water partition coefficient (Wildman–Crippen LogP) is -0.0662. The highest BCUT2D eigenvalue weighted by molar-refractivity contribution is 6.31. The summed E-state index contributed by atoms with van der Waals surface area (Å²) in [5, 5.41) is 66.5. The summed E-state index contributed by atoms with van der Waals surface area (Å²) in [6, 6.07) is 1.44. The number of phenolic OH excluding ortho intramolecular Hbond substituents is 2. The second kappa shape index (κ2) is 8.96. The minimum absolute atomic E-state index is 0.0545. The smallest absolute Gasteiger partial charge is 0.316 e. The number of carbonyl (C=O) groups is 3. The topological polar surface area (TPSA) is 204 Å². The Hall–Kier alpha value is -3.59. The quantitative estimate of drug-likeness (QED) is 0.218. The van der Waals surface area contributed by atoms with Gasteiger partial charge in [-0.3, -0.25) is 14.4 Å². The number of ether oxygens (including phenoxy) is 3. The number of nitrogens with zero attached hydrogens (tertiary/aromatic N) is 1. The third-order valence-electron chi connectivity index (χ3n) is 9.11. The lowest BCUT2D eigenvalue weighted by atomic mass is 9.68. The highest BCUT2D eigenvalue weighted by atomic mass is 16.7. The average molecular weight is 586 g/mol. The van der Waals surface area contributed by atoms with E-state index in [1.807, 2.05) is 0 Å². The molecule has 42 heavy (non-hydrogen) atoms. The van der Waals surface area contributed by atoms with Crippen molar-refractivity contribution in [2.45, 2.75) is 68.0 Å². The molecule has 8 atom stereocenters. The van der Waals surface area contributed by atoms with Crippen molar-refractivity contribution in [3.05, 3.63) is 51.1 Å². The zero-order valence-electron chi connectivity index (χ0n) is 23.4. The van der Waals surface area contributed by atoms with Crippen molar-refractivity contribution >= 4 is 17.5 Å². The number of phenols is 2. The number of aliphatic hydroxyl groups excluding tert-OH is 3. The summed E-state index contributed by atoms with van der Waals surface area (Å²) in [7, 11) is 4.39. The van der Waals surface area contributed by atoms with E-state index in [9.17, 15) is 45.0 Å². The molecule has 0 spiro atoms. The molecule has 6 rings (SSSR count). The third-order valence-corrected chi connectivity index (χ3v) is 9.11. The number of rotatable bonds is 2. The van der Waals surface area contributed by atoms with Gasteiger partial charge in [0.2, 0.25) is 12.1 Å². The molecule has 0 saturated carbocycles. The van der Waals surface area contributed by atoms with Crippen molar-refractivity contribution in [1.29, 1.82) is 0 Å². The van der Waals surface area contributed by atoms with Crippen LogP contribution < -0.4 is 4.74 Å². The number of likely N-dealkylation sites (N-methyl/N-ethyl adjacent to an activating group) is 1. The maximum atomic E-state index is 14.2. The number of aliphatic hydroxyl groups is 4. The fraction of sp³-hybridized carbons (Fsp3) is 0.483. The van der Waals surface area contributed by atoms with Crippen LogP contribution in [-0.4, -0.2) is 104 Å². The van der Waals surface area contributed by atoms with E-state index in [0.29, 0.717) is 0 Å². The minimum Gasteiger partial charge on any atom is -0.507 e. The van der Waals surface area contributed by atoms with E-state index in [4.69, 9.17) is 14.2 Å². The Morgan fingerprint density at radius 1 is 1.05 bits per heavy atom. The van der Waals surface area contributed by atoms with Gasteiger partial charge in [-0.2, -0.15) is 0 Å². The summed E-state index contributed by atoms with van der Waals surface area (Å²) in [5.74, 6) is -5.77. The van der Waals surface area contributed by atoms with Crippen LogP contribution in [0.15, 0.2) is 12.1 Å². The van der Waals surface area contributed by atoms with Gasteiger partial charge < -0.3 is 49.7 Å². The molecule has 224 valence electrons. The lowest BCUT2D eigenvalue weighted by molar-refractivity contribution is -0.311. The van der Waals surface area contributed by atoms with E-state index in [1.54, 1.807) is 19.0 Å². The van der Waals surface area contributed by atoms with Crippen LogP contribution >= 0.6 is 0 Å². The molecule has 0 aromatic heterocycles. The second-order valence-electron chi connectivity index (χ2n) is 12.0.